The predicted molar refractivity (Wildman–Crippen MR) is 64.0 cm³/mol. The Kier molecular flexibility index (Phi) is 3.01. The van der Waals surface area contributed by atoms with Gasteiger partial charge in [-0.3, -0.25) is 4.98 Å². The first-order valence-corrected chi connectivity index (χ1v) is 5.40. The summed E-state index contributed by atoms with van der Waals surface area (Å²) in [6.07, 6.45) is 1.77. The van der Waals surface area contributed by atoms with E-state index in [9.17, 15) is 0 Å². The molecule has 0 aliphatic heterocycles. The first-order valence-electron chi connectivity index (χ1n) is 5.40. The van der Waals surface area contributed by atoms with Crippen LogP contribution in [0.3, 0.4) is 0 Å². The molecule has 4 heteroatoms. The van der Waals surface area contributed by atoms with Crippen LogP contribution in [0, 0.1) is 6.92 Å². The van der Waals surface area contributed by atoms with Gasteiger partial charge in [0.2, 0.25) is 0 Å². The number of hydrogen-bond acceptors (Lipinski definition) is 3. The number of aryl methyl sites for hydroxylation is 1. The Balaban J connectivity index is 2.40. The summed E-state index contributed by atoms with van der Waals surface area (Å²) in [7, 11) is 0. The maximum absolute atomic E-state index is 5.63. The van der Waals surface area contributed by atoms with Crippen molar-refractivity contribution in [2.45, 2.75) is 19.8 Å². The molecule has 0 aromatic carbocycles. The minimum Gasteiger partial charge on any atom is -0.345 e. The van der Waals surface area contributed by atoms with Crippen molar-refractivity contribution in [2.24, 2.45) is 5.73 Å². The van der Waals surface area contributed by atoms with E-state index < -0.39 is 0 Å². The summed E-state index contributed by atoms with van der Waals surface area (Å²) in [6, 6.07) is 5.82. The highest BCUT2D eigenvalue weighted by Crippen LogP contribution is 2.21. The maximum atomic E-state index is 5.63. The second kappa shape index (κ2) is 4.45. The Morgan fingerprint density at radius 1 is 1.44 bits per heavy atom. The van der Waals surface area contributed by atoms with E-state index in [0.29, 0.717) is 6.54 Å². The van der Waals surface area contributed by atoms with Crippen LogP contribution in [-0.2, 0) is 0 Å². The molecule has 1 atom stereocenters. The molecule has 1 unspecified atom stereocenters. The molecule has 0 radical (unpaired) electrons. The van der Waals surface area contributed by atoms with E-state index in [0.717, 1.165) is 22.9 Å². The first kappa shape index (κ1) is 10.8. The lowest BCUT2D eigenvalue weighted by molar-refractivity contribution is 0.723. The van der Waals surface area contributed by atoms with E-state index in [1.54, 1.807) is 6.20 Å². The zero-order valence-electron chi connectivity index (χ0n) is 9.57. The second-order valence-corrected chi connectivity index (χ2v) is 3.95. The summed E-state index contributed by atoms with van der Waals surface area (Å²) >= 11 is 0. The third-order valence-electron chi connectivity index (χ3n) is 2.63. The number of hydrogen-bond donors (Lipinski definition) is 2. The molecular formula is C12H16N4. The van der Waals surface area contributed by atoms with Gasteiger partial charge in [-0.25, -0.2) is 4.98 Å². The standard InChI is InChI=1S/C12H16N4/c1-8(7-13)12-15-9(2)11(16-12)10-5-3-4-6-14-10/h3-6,8H,7,13H2,1-2H3,(H,15,16). The van der Waals surface area contributed by atoms with Gasteiger partial charge in [-0.1, -0.05) is 13.0 Å². The van der Waals surface area contributed by atoms with Crippen LogP contribution in [0.5, 0.6) is 0 Å². The summed E-state index contributed by atoms with van der Waals surface area (Å²) in [5.41, 5.74) is 8.47. The van der Waals surface area contributed by atoms with Crippen molar-refractivity contribution in [3.63, 3.8) is 0 Å². The van der Waals surface area contributed by atoms with Crippen molar-refractivity contribution in [1.29, 1.82) is 0 Å². The van der Waals surface area contributed by atoms with Gasteiger partial charge in [0.05, 0.1) is 5.69 Å². The van der Waals surface area contributed by atoms with Crippen LogP contribution in [0.25, 0.3) is 11.4 Å². The Hall–Kier alpha value is -1.68. The Morgan fingerprint density at radius 2 is 2.25 bits per heavy atom. The number of nitrogens with two attached hydrogens (primary N) is 1. The van der Waals surface area contributed by atoms with Crippen molar-refractivity contribution in [1.82, 2.24) is 15.0 Å². The second-order valence-electron chi connectivity index (χ2n) is 3.95. The van der Waals surface area contributed by atoms with Crippen molar-refractivity contribution in [3.05, 3.63) is 35.9 Å². The molecule has 84 valence electrons. The predicted octanol–water partition coefficient (Wildman–Crippen LogP) is 1.84. The van der Waals surface area contributed by atoms with Gasteiger partial charge in [-0.15, -0.1) is 0 Å². The highest BCUT2D eigenvalue weighted by atomic mass is 15.0. The van der Waals surface area contributed by atoms with Crippen molar-refractivity contribution in [3.8, 4) is 11.4 Å². The third-order valence-corrected chi connectivity index (χ3v) is 2.63. The van der Waals surface area contributed by atoms with Gasteiger partial charge in [0.25, 0.3) is 0 Å². The zero-order valence-corrected chi connectivity index (χ0v) is 9.57. The number of H-pyrrole nitrogens is 1. The Labute approximate surface area is 94.9 Å². The van der Waals surface area contributed by atoms with E-state index in [1.165, 1.54) is 0 Å². The average molecular weight is 216 g/mol. The molecule has 4 nitrogen and oxygen atoms in total. The number of nitrogens with zero attached hydrogens (tertiary/aromatic N) is 2. The molecule has 2 aromatic rings. The lowest BCUT2D eigenvalue weighted by Gasteiger charge is -2.02. The van der Waals surface area contributed by atoms with E-state index in [-0.39, 0.29) is 5.92 Å². The van der Waals surface area contributed by atoms with Crippen LogP contribution in [0.15, 0.2) is 24.4 Å². The highest BCUT2D eigenvalue weighted by molar-refractivity contribution is 5.57. The summed E-state index contributed by atoms with van der Waals surface area (Å²) in [4.78, 5) is 12.1. The van der Waals surface area contributed by atoms with E-state index in [4.69, 9.17) is 5.73 Å². The summed E-state index contributed by atoms with van der Waals surface area (Å²) in [5, 5.41) is 0. The van der Waals surface area contributed by atoms with Crippen LogP contribution >= 0.6 is 0 Å². The molecule has 2 heterocycles. The number of aromatic nitrogens is 3. The first-order chi connectivity index (χ1) is 7.72. The minimum absolute atomic E-state index is 0.246. The molecule has 16 heavy (non-hydrogen) atoms. The van der Waals surface area contributed by atoms with Crippen molar-refractivity contribution < 1.29 is 0 Å². The van der Waals surface area contributed by atoms with E-state index in [1.807, 2.05) is 25.1 Å². The summed E-state index contributed by atoms with van der Waals surface area (Å²) in [5.74, 6) is 1.18. The van der Waals surface area contributed by atoms with Crippen LogP contribution in [-0.4, -0.2) is 21.5 Å². The molecule has 3 N–H and O–H groups in total. The Morgan fingerprint density at radius 3 is 2.88 bits per heavy atom. The number of pyridine rings is 1. The fourth-order valence-corrected chi connectivity index (χ4v) is 1.58. The van der Waals surface area contributed by atoms with Crippen LogP contribution in [0.2, 0.25) is 0 Å². The minimum atomic E-state index is 0.246. The van der Waals surface area contributed by atoms with Gasteiger partial charge in [0.1, 0.15) is 11.5 Å². The molecule has 2 rings (SSSR count). The van der Waals surface area contributed by atoms with Crippen LogP contribution < -0.4 is 5.73 Å². The lowest BCUT2D eigenvalue weighted by Crippen LogP contribution is -2.10. The van der Waals surface area contributed by atoms with E-state index in [2.05, 4.69) is 21.9 Å². The molecule has 0 aliphatic carbocycles. The quantitative estimate of drug-likeness (QED) is 0.822. The lowest BCUT2D eigenvalue weighted by atomic mass is 10.2. The van der Waals surface area contributed by atoms with E-state index >= 15 is 0 Å². The van der Waals surface area contributed by atoms with Crippen molar-refractivity contribution >= 4 is 0 Å². The molecule has 0 fully saturated rings. The van der Waals surface area contributed by atoms with Gasteiger partial charge in [-0.2, -0.15) is 0 Å². The largest absolute Gasteiger partial charge is 0.345 e. The van der Waals surface area contributed by atoms with Gasteiger partial charge in [0.15, 0.2) is 0 Å². The van der Waals surface area contributed by atoms with Crippen molar-refractivity contribution in [2.75, 3.05) is 6.54 Å². The SMILES string of the molecule is Cc1[nH]c(C(C)CN)nc1-c1ccccn1. The molecule has 0 saturated heterocycles. The zero-order chi connectivity index (χ0) is 11.5. The van der Waals surface area contributed by atoms with Gasteiger partial charge in [-0.05, 0) is 19.1 Å². The highest BCUT2D eigenvalue weighted by Gasteiger charge is 2.13. The Bertz CT molecular complexity index is 461. The van der Waals surface area contributed by atoms with Gasteiger partial charge < -0.3 is 10.7 Å². The number of aromatic amines is 1. The third kappa shape index (κ3) is 1.97. The summed E-state index contributed by atoms with van der Waals surface area (Å²) in [6.45, 7) is 4.65. The van der Waals surface area contributed by atoms with Crippen LogP contribution in [0.4, 0.5) is 0 Å². The molecule has 0 bridgehead atoms. The molecular weight excluding hydrogens is 200 g/mol. The number of nitrogens with one attached hydrogen (secondary N) is 1. The topological polar surface area (TPSA) is 67.6 Å². The average Bonchev–Trinajstić information content (AvgIpc) is 2.71. The molecule has 0 saturated carbocycles. The monoisotopic (exact) mass is 216 g/mol. The molecule has 0 spiro atoms. The molecule has 0 amide bonds. The van der Waals surface area contributed by atoms with Gasteiger partial charge >= 0.3 is 0 Å². The van der Waals surface area contributed by atoms with Crippen LogP contribution in [0.1, 0.15) is 24.4 Å². The smallest absolute Gasteiger partial charge is 0.111 e. The maximum Gasteiger partial charge on any atom is 0.111 e. The fraction of sp³-hybridized carbons (Fsp3) is 0.333. The normalized spacial score (nSPS) is 12.7. The molecule has 0 aliphatic rings. The fourth-order valence-electron chi connectivity index (χ4n) is 1.58. The number of imidazole rings is 1. The summed E-state index contributed by atoms with van der Waals surface area (Å²) < 4.78 is 0. The number of rotatable bonds is 3. The molecule has 2 aromatic heterocycles. The van der Waals surface area contributed by atoms with Gasteiger partial charge in [0, 0.05) is 24.4 Å².